The summed E-state index contributed by atoms with van der Waals surface area (Å²) >= 11 is 5.81. The van der Waals surface area contributed by atoms with Crippen LogP contribution in [0.4, 0.5) is 11.4 Å². The number of anilines is 2. The number of phenolic OH excluding ortho intramolecular Hbond substituents is 2. The molecule has 6 amide bonds. The minimum absolute atomic E-state index is 0.119. The third-order valence-corrected chi connectivity index (χ3v) is 23.7. The largest absolute Gasteiger partial charge is 0.508 e. The molecule has 2 unspecified atom stereocenters. The van der Waals surface area contributed by atoms with Crippen molar-refractivity contribution < 1.29 is 48.5 Å². The van der Waals surface area contributed by atoms with Crippen molar-refractivity contribution in [3.8, 4) is 23.0 Å². The van der Waals surface area contributed by atoms with E-state index in [1.54, 1.807) is 21.9 Å². The van der Waals surface area contributed by atoms with Crippen molar-refractivity contribution in [2.75, 3.05) is 62.2 Å². The van der Waals surface area contributed by atoms with Gasteiger partial charge in [0.05, 0.1) is 17.3 Å². The molecule has 6 atom stereocenters. The Bertz CT molecular complexity index is 5120. The first-order valence-electron chi connectivity index (χ1n) is 39.3. The SMILES string of the molecule is O=C1CCC(N2Cc3cc(N4CCN(Cc5ccc(COc6ccc([C@@H]7c8ccc(O)cc8CC[C@@H]7c7ccccc7)cc6)cn5)CC4)ccc3C2=O)C(=O)N1.O=C1CCC(N2Cc3cc(N4CCNCC4)ccc3C2=O)C(=O)N1.Oc1ccc2c(c1)CC[C@H](c1ccccc1)[C@@H]2c1ccc(OCc2ccc(CCl)nc2)cc1. The highest BCUT2D eigenvalue weighted by molar-refractivity contribution is 6.16. The highest BCUT2D eigenvalue weighted by atomic mass is 35.5. The maximum absolute atomic E-state index is 13.1. The molecule has 8 heterocycles. The van der Waals surface area contributed by atoms with Gasteiger partial charge in [-0.1, -0.05) is 109 Å². The number of piperazine rings is 2. The summed E-state index contributed by atoms with van der Waals surface area (Å²) in [6, 6.07) is 68.9. The normalized spacial score (nSPS) is 20.6. The molecule has 10 aromatic rings. The van der Waals surface area contributed by atoms with E-state index in [9.17, 15) is 39.0 Å². The molecule has 4 fully saturated rings. The van der Waals surface area contributed by atoms with Gasteiger partial charge in [0.2, 0.25) is 23.6 Å². The minimum atomic E-state index is -0.606. The Labute approximate surface area is 662 Å². The first-order valence-corrected chi connectivity index (χ1v) is 39.8. The summed E-state index contributed by atoms with van der Waals surface area (Å²) in [5, 5.41) is 28.2. The van der Waals surface area contributed by atoms with E-state index in [0.717, 1.165) is 141 Å². The number of fused-ring (bicyclic) bond motifs is 4. The Balaban J connectivity index is 0.000000142. The highest BCUT2D eigenvalue weighted by Gasteiger charge is 2.42. The van der Waals surface area contributed by atoms with E-state index in [1.165, 1.54) is 44.5 Å². The zero-order chi connectivity index (χ0) is 77.5. The van der Waals surface area contributed by atoms with Crippen LogP contribution in [0.15, 0.2) is 219 Å². The Hall–Kier alpha value is -11.7. The Morgan fingerprint density at radius 2 is 0.885 bits per heavy atom. The van der Waals surface area contributed by atoms with E-state index >= 15 is 0 Å². The fourth-order valence-corrected chi connectivity index (χ4v) is 17.7. The van der Waals surface area contributed by atoms with E-state index in [0.29, 0.717) is 79.5 Å². The monoisotopic (exact) mass is 1530 g/mol. The molecule has 18 rings (SSSR count). The van der Waals surface area contributed by atoms with Crippen molar-refractivity contribution in [1.82, 2.24) is 40.6 Å². The minimum Gasteiger partial charge on any atom is -0.508 e. The van der Waals surface area contributed by atoms with Crippen LogP contribution in [0.2, 0.25) is 0 Å². The maximum Gasteiger partial charge on any atom is 0.255 e. The average molecular weight is 1530 g/mol. The number of aryl methyl sites for hydroxylation is 2. The summed E-state index contributed by atoms with van der Waals surface area (Å²) in [5.74, 6) is 2.33. The number of nitrogens with one attached hydrogen (secondary N) is 3. The number of imide groups is 2. The summed E-state index contributed by atoms with van der Waals surface area (Å²) in [6.45, 7) is 9.79. The van der Waals surface area contributed by atoms with Crippen molar-refractivity contribution >= 4 is 58.4 Å². The molecule has 4 saturated heterocycles. The number of amides is 6. The van der Waals surface area contributed by atoms with E-state index < -0.39 is 12.1 Å². The summed E-state index contributed by atoms with van der Waals surface area (Å²) < 4.78 is 12.2. The van der Waals surface area contributed by atoms with Crippen molar-refractivity contribution in [2.24, 2.45) is 0 Å². The number of rotatable bonds is 17. The van der Waals surface area contributed by atoms with Crippen LogP contribution in [-0.2, 0) is 70.7 Å². The number of aromatic hydroxyl groups is 2. The van der Waals surface area contributed by atoms with Crippen LogP contribution in [0.3, 0.4) is 0 Å². The zero-order valence-corrected chi connectivity index (χ0v) is 63.7. The van der Waals surface area contributed by atoms with Gasteiger partial charge in [0, 0.05) is 143 Å². The van der Waals surface area contributed by atoms with Crippen molar-refractivity contribution in [3.05, 3.63) is 308 Å². The molecule has 576 valence electrons. The van der Waals surface area contributed by atoms with Crippen LogP contribution in [0.25, 0.3) is 0 Å². The molecule has 0 saturated carbocycles. The Kier molecular flexibility index (Phi) is 22.7. The van der Waals surface area contributed by atoms with Gasteiger partial charge in [0.15, 0.2) is 0 Å². The van der Waals surface area contributed by atoms with Crippen LogP contribution >= 0.6 is 11.6 Å². The van der Waals surface area contributed by atoms with E-state index in [4.69, 9.17) is 26.1 Å². The predicted molar refractivity (Wildman–Crippen MR) is 432 cm³/mol. The van der Waals surface area contributed by atoms with Crippen molar-refractivity contribution in [1.29, 1.82) is 0 Å². The first kappa shape index (κ1) is 75.3. The third-order valence-electron chi connectivity index (χ3n) is 23.5. The predicted octanol–water partition coefficient (Wildman–Crippen LogP) is 13.1. The fraction of sp³-hybridized carbons (Fsp3) is 0.304. The number of piperidine rings is 2. The molecular weight excluding hydrogens is 1440 g/mol. The molecule has 5 N–H and O–H groups in total. The fourth-order valence-electron chi connectivity index (χ4n) is 17.5. The van der Waals surface area contributed by atoms with Crippen LogP contribution in [0, 0.1) is 0 Å². The number of pyridine rings is 2. The lowest BCUT2D eigenvalue weighted by molar-refractivity contribution is -0.138. The second kappa shape index (κ2) is 34.1. The molecule has 8 aromatic carbocycles. The number of alkyl halides is 1. The highest BCUT2D eigenvalue weighted by Crippen LogP contribution is 2.49. The lowest BCUT2D eigenvalue weighted by atomic mass is 9.69. The molecule has 8 aliphatic rings. The molecule has 20 nitrogen and oxygen atoms in total. The van der Waals surface area contributed by atoms with E-state index in [2.05, 4.69) is 169 Å². The van der Waals surface area contributed by atoms with Gasteiger partial charge in [-0.05, 0) is 203 Å². The number of ether oxygens (including phenoxy) is 2. The molecule has 113 heavy (non-hydrogen) atoms. The van der Waals surface area contributed by atoms with Gasteiger partial charge >= 0.3 is 0 Å². The molecule has 2 aliphatic carbocycles. The maximum atomic E-state index is 13.1. The number of carbonyl (C=O) groups is 6. The van der Waals surface area contributed by atoms with Crippen LogP contribution < -0.4 is 35.2 Å². The Morgan fingerprint density at radius 3 is 1.32 bits per heavy atom. The second-order valence-corrected chi connectivity index (χ2v) is 30.7. The third kappa shape index (κ3) is 17.1. The van der Waals surface area contributed by atoms with E-state index in [1.807, 2.05) is 73.1 Å². The number of hydrogen-bond donors (Lipinski definition) is 5. The number of phenols is 2. The molecule has 0 bridgehead atoms. The van der Waals surface area contributed by atoms with Crippen LogP contribution in [0.1, 0.15) is 161 Å². The summed E-state index contributed by atoms with van der Waals surface area (Å²) in [6.07, 6.45) is 9.00. The quantitative estimate of drug-likeness (QED) is 0.0421. The number of carbonyl (C=O) groups excluding carboxylic acids is 6. The number of aromatic nitrogens is 2. The molecule has 6 aliphatic heterocycles. The van der Waals surface area contributed by atoms with Crippen LogP contribution in [-0.4, -0.2) is 135 Å². The Morgan fingerprint density at radius 1 is 0.434 bits per heavy atom. The lowest BCUT2D eigenvalue weighted by Gasteiger charge is -2.36. The molecule has 0 spiro atoms. The molecule has 21 heteroatoms. The summed E-state index contributed by atoms with van der Waals surface area (Å²) in [7, 11) is 0. The molecule has 0 radical (unpaired) electrons. The first-order chi connectivity index (χ1) is 55.2. The van der Waals surface area contributed by atoms with Gasteiger partial charge in [0.1, 0.15) is 48.3 Å². The van der Waals surface area contributed by atoms with Gasteiger partial charge in [-0.15, -0.1) is 11.6 Å². The zero-order valence-electron chi connectivity index (χ0n) is 63.0. The van der Waals surface area contributed by atoms with Gasteiger partial charge < -0.3 is 44.6 Å². The lowest BCUT2D eigenvalue weighted by Crippen LogP contribution is -2.52. The second-order valence-electron chi connectivity index (χ2n) is 30.5. The summed E-state index contributed by atoms with van der Waals surface area (Å²) in [5.41, 5.74) is 19.5. The van der Waals surface area contributed by atoms with Gasteiger partial charge in [-0.3, -0.25) is 54.3 Å². The number of nitrogens with zero attached hydrogens (tertiary/aromatic N) is 7. The smallest absolute Gasteiger partial charge is 0.255 e. The number of benzene rings is 8. The topological polar surface area (TPSA) is 239 Å². The van der Waals surface area contributed by atoms with Crippen molar-refractivity contribution in [2.45, 2.75) is 126 Å². The average Bonchev–Trinajstić information content (AvgIpc) is 1.44. The molecule has 2 aromatic heterocycles. The van der Waals surface area contributed by atoms with E-state index in [-0.39, 0.29) is 60.1 Å². The van der Waals surface area contributed by atoms with Gasteiger partial charge in [-0.2, -0.15) is 0 Å². The molecular formula is C92H91ClN10O10. The van der Waals surface area contributed by atoms with Crippen LogP contribution in [0.5, 0.6) is 23.0 Å². The van der Waals surface area contributed by atoms with Crippen molar-refractivity contribution in [3.63, 3.8) is 0 Å². The summed E-state index contributed by atoms with van der Waals surface area (Å²) in [4.78, 5) is 92.5. The standard InChI is InChI=1S/C46H45N5O5.C29H26ClNO2.C17H20N4O3/c52-37-12-17-40-33(25-37)9-15-39(31-4-2-1-3-5-31)44(40)32-7-13-38(14-8-32)56-29-30-6-10-35(47-26-30)28-49-20-22-50(23-21-49)36-11-16-41-34(24-36)27-51(46(41)55)42-18-19-43(53)48-45(42)54;30-17-24-10-6-20(18-31-24)19-33-26-12-7-22(8-13-26)29-27(21-4-2-1-3-5-21)14-9-23-16-25(32)11-15-28(23)29;22-15-4-3-14(16(23)19-15)21-10-11-9-12(1-2-13(11)17(21)24)20-7-5-18-6-8-20/h1-8,10-14,16-17,24-26,39,42,44,52H,9,15,18-23,27-29H2,(H,48,53,54);1-8,10-13,15-16,18,27,29,32H,9,14,17,19H2;1-2,9,14,18H,3-8,10H2,(H,19,22,23)/t39-,42?,44+;27-,29+;/m11./s1. The number of halogens is 1. The van der Waals surface area contributed by atoms with Gasteiger partial charge in [0.25, 0.3) is 11.8 Å². The number of hydrogen-bond acceptors (Lipinski definition) is 16. The van der Waals surface area contributed by atoms with Gasteiger partial charge in [-0.25, -0.2) is 0 Å².